The maximum atomic E-state index is 5.35. The average Bonchev–Trinajstić information content (AvgIpc) is 2.35. The summed E-state index contributed by atoms with van der Waals surface area (Å²) in [5.74, 6) is 0. The lowest BCUT2D eigenvalue weighted by Crippen LogP contribution is -1.88. The summed E-state index contributed by atoms with van der Waals surface area (Å²) in [5, 5.41) is 0. The highest BCUT2D eigenvalue weighted by atomic mass is 31.1. The van der Waals surface area contributed by atoms with Crippen LogP contribution in [0.15, 0.2) is 0 Å². The molecule has 17 heavy (non-hydrogen) atoms. The lowest BCUT2D eigenvalue weighted by atomic mass is 10.1. The first-order valence-corrected chi connectivity index (χ1v) is 8.22. The molecule has 0 aliphatic heterocycles. The number of unbranched alkanes of at least 4 members (excludes halogenated alkanes) is 9. The van der Waals surface area contributed by atoms with Crippen molar-refractivity contribution in [3.8, 4) is 0 Å². The van der Waals surface area contributed by atoms with Crippen molar-refractivity contribution in [3.63, 3.8) is 0 Å². The van der Waals surface area contributed by atoms with Crippen LogP contribution in [0.4, 0.5) is 0 Å². The maximum absolute atomic E-state index is 5.35. The van der Waals surface area contributed by atoms with Crippen molar-refractivity contribution >= 4 is 9.03 Å². The van der Waals surface area contributed by atoms with Gasteiger partial charge in [0.15, 0.2) is 9.03 Å². The van der Waals surface area contributed by atoms with Gasteiger partial charge in [-0.2, -0.15) is 0 Å². The number of rotatable bonds is 14. The highest BCUT2D eigenvalue weighted by molar-refractivity contribution is 7.26. The summed E-state index contributed by atoms with van der Waals surface area (Å²) in [6.07, 6.45) is 13.8. The van der Waals surface area contributed by atoms with Gasteiger partial charge in [-0.1, -0.05) is 64.7 Å². The molecule has 1 atom stereocenters. The third-order valence-corrected chi connectivity index (χ3v) is 3.59. The fourth-order valence-electron chi connectivity index (χ4n) is 1.80. The molecule has 0 radical (unpaired) electrons. The Labute approximate surface area is 110 Å². The summed E-state index contributed by atoms with van der Waals surface area (Å²) in [6, 6.07) is 0. The zero-order valence-electron chi connectivity index (χ0n) is 11.8. The Morgan fingerprint density at radius 3 is 1.71 bits per heavy atom. The maximum Gasteiger partial charge on any atom is 0.155 e. The van der Waals surface area contributed by atoms with E-state index in [4.69, 9.17) is 9.05 Å². The van der Waals surface area contributed by atoms with Gasteiger partial charge < -0.3 is 9.05 Å². The van der Waals surface area contributed by atoms with Crippen molar-refractivity contribution in [1.29, 1.82) is 0 Å². The van der Waals surface area contributed by atoms with Gasteiger partial charge in [0.1, 0.15) is 0 Å². The second kappa shape index (κ2) is 16.4. The first kappa shape index (κ1) is 17.4. The molecule has 2 nitrogen and oxygen atoms in total. The minimum atomic E-state index is 0.244. The van der Waals surface area contributed by atoms with Crippen LogP contribution in [0.1, 0.15) is 78.1 Å². The quantitative estimate of drug-likeness (QED) is 0.305. The third kappa shape index (κ3) is 16.4. The zero-order chi connectivity index (χ0) is 12.6. The molecule has 0 aromatic heterocycles. The Morgan fingerprint density at radius 1 is 0.647 bits per heavy atom. The van der Waals surface area contributed by atoms with Crippen LogP contribution in [0.2, 0.25) is 0 Å². The normalized spacial score (nSPS) is 11.6. The Kier molecular flexibility index (Phi) is 16.7. The molecule has 3 heteroatoms. The molecule has 0 aromatic rings. The smallest absolute Gasteiger partial charge is 0.155 e. The van der Waals surface area contributed by atoms with Crippen LogP contribution in [0.3, 0.4) is 0 Å². The third-order valence-electron chi connectivity index (χ3n) is 2.86. The number of hydrogen-bond donors (Lipinski definition) is 0. The fraction of sp³-hybridized carbons (Fsp3) is 1.00. The topological polar surface area (TPSA) is 18.5 Å². The van der Waals surface area contributed by atoms with Crippen molar-refractivity contribution < 1.29 is 9.05 Å². The summed E-state index contributed by atoms with van der Waals surface area (Å²) in [7, 11) is 0.244. The summed E-state index contributed by atoms with van der Waals surface area (Å²) in [6.45, 7) is 5.90. The minimum absolute atomic E-state index is 0.244. The van der Waals surface area contributed by atoms with E-state index in [9.17, 15) is 0 Å². The van der Waals surface area contributed by atoms with E-state index in [-0.39, 0.29) is 9.03 Å². The van der Waals surface area contributed by atoms with Gasteiger partial charge in [0, 0.05) is 0 Å². The van der Waals surface area contributed by atoms with E-state index in [1.165, 1.54) is 64.2 Å². The molecule has 0 heterocycles. The Hall–Kier alpha value is 0.350. The van der Waals surface area contributed by atoms with Crippen LogP contribution < -0.4 is 0 Å². The SMILES string of the molecule is CCCCCCCCCCCCOPOCC. The Balaban J connectivity index is 2.85. The van der Waals surface area contributed by atoms with E-state index in [2.05, 4.69) is 6.92 Å². The minimum Gasteiger partial charge on any atom is -0.337 e. The molecule has 0 bridgehead atoms. The number of hydrogen-bond acceptors (Lipinski definition) is 2. The predicted molar refractivity (Wildman–Crippen MR) is 77.7 cm³/mol. The molecular formula is C14H31O2P. The largest absolute Gasteiger partial charge is 0.337 e. The predicted octanol–water partition coefficient (Wildman–Crippen LogP) is 5.47. The van der Waals surface area contributed by atoms with E-state index in [0.29, 0.717) is 0 Å². The van der Waals surface area contributed by atoms with E-state index < -0.39 is 0 Å². The molecular weight excluding hydrogens is 231 g/mol. The molecule has 104 valence electrons. The van der Waals surface area contributed by atoms with Gasteiger partial charge >= 0.3 is 0 Å². The van der Waals surface area contributed by atoms with Crippen LogP contribution in [0.5, 0.6) is 0 Å². The highest BCUT2D eigenvalue weighted by Gasteiger charge is 1.93. The van der Waals surface area contributed by atoms with Crippen molar-refractivity contribution in [1.82, 2.24) is 0 Å². The van der Waals surface area contributed by atoms with Gasteiger partial charge in [-0.15, -0.1) is 0 Å². The van der Waals surface area contributed by atoms with E-state index in [1.807, 2.05) is 6.92 Å². The van der Waals surface area contributed by atoms with Crippen LogP contribution in [0, 0.1) is 0 Å². The van der Waals surface area contributed by atoms with Gasteiger partial charge in [0.25, 0.3) is 0 Å². The van der Waals surface area contributed by atoms with Crippen LogP contribution in [0.25, 0.3) is 0 Å². The summed E-state index contributed by atoms with van der Waals surface area (Å²) >= 11 is 0. The van der Waals surface area contributed by atoms with Gasteiger partial charge in [-0.3, -0.25) is 0 Å². The zero-order valence-corrected chi connectivity index (χ0v) is 12.8. The van der Waals surface area contributed by atoms with Crippen molar-refractivity contribution in [3.05, 3.63) is 0 Å². The van der Waals surface area contributed by atoms with Crippen LogP contribution in [-0.2, 0) is 9.05 Å². The highest BCUT2D eigenvalue weighted by Crippen LogP contribution is 2.15. The van der Waals surface area contributed by atoms with Crippen LogP contribution in [-0.4, -0.2) is 13.2 Å². The van der Waals surface area contributed by atoms with Crippen molar-refractivity contribution in [2.75, 3.05) is 13.2 Å². The monoisotopic (exact) mass is 262 g/mol. The van der Waals surface area contributed by atoms with Crippen molar-refractivity contribution in [2.24, 2.45) is 0 Å². The van der Waals surface area contributed by atoms with E-state index in [0.717, 1.165) is 13.2 Å². The molecule has 0 saturated carbocycles. The fourth-order valence-corrected chi connectivity index (χ4v) is 2.23. The van der Waals surface area contributed by atoms with Gasteiger partial charge in [0.2, 0.25) is 0 Å². The van der Waals surface area contributed by atoms with Crippen LogP contribution >= 0.6 is 9.03 Å². The summed E-state index contributed by atoms with van der Waals surface area (Å²) < 4.78 is 10.5. The lowest BCUT2D eigenvalue weighted by molar-refractivity contribution is 0.270. The molecule has 0 spiro atoms. The molecule has 0 rings (SSSR count). The molecule has 0 aliphatic carbocycles. The Morgan fingerprint density at radius 2 is 1.18 bits per heavy atom. The molecule has 1 unspecified atom stereocenters. The van der Waals surface area contributed by atoms with Gasteiger partial charge in [-0.25, -0.2) is 0 Å². The first-order chi connectivity index (χ1) is 8.41. The molecule has 0 fully saturated rings. The molecule has 0 aromatic carbocycles. The Bertz CT molecular complexity index is 117. The molecule has 0 N–H and O–H groups in total. The summed E-state index contributed by atoms with van der Waals surface area (Å²) in [5.41, 5.74) is 0. The van der Waals surface area contributed by atoms with E-state index >= 15 is 0 Å². The van der Waals surface area contributed by atoms with E-state index in [1.54, 1.807) is 0 Å². The average molecular weight is 262 g/mol. The lowest BCUT2D eigenvalue weighted by Gasteiger charge is -2.03. The summed E-state index contributed by atoms with van der Waals surface area (Å²) in [4.78, 5) is 0. The molecule has 0 saturated heterocycles. The molecule has 0 amide bonds. The second-order valence-electron chi connectivity index (χ2n) is 4.55. The van der Waals surface area contributed by atoms with Gasteiger partial charge in [0.05, 0.1) is 13.2 Å². The molecule has 0 aliphatic rings. The standard InChI is InChI=1S/C14H31O2P/c1-3-5-6-7-8-9-10-11-12-13-14-16-17-15-4-2/h17H,3-14H2,1-2H3. The van der Waals surface area contributed by atoms with Crippen molar-refractivity contribution in [2.45, 2.75) is 78.1 Å². The van der Waals surface area contributed by atoms with Gasteiger partial charge in [-0.05, 0) is 13.3 Å². The first-order valence-electron chi connectivity index (χ1n) is 7.40. The second-order valence-corrected chi connectivity index (χ2v) is 5.29.